The number of piperidine rings is 1. The summed E-state index contributed by atoms with van der Waals surface area (Å²) in [6.07, 6.45) is 6.27. The molecule has 1 fully saturated rings. The van der Waals surface area contributed by atoms with Crippen LogP contribution in [-0.2, 0) is 0 Å². The van der Waals surface area contributed by atoms with E-state index in [0.717, 1.165) is 19.4 Å². The molecular weight excluding hydrogens is 204 g/mol. The molecule has 0 aliphatic carbocycles. The first-order chi connectivity index (χ1) is 7.70. The van der Waals surface area contributed by atoms with Crippen molar-refractivity contribution in [3.05, 3.63) is 18.1 Å². The van der Waals surface area contributed by atoms with Gasteiger partial charge >= 0.3 is 0 Å². The molecule has 1 aliphatic heterocycles. The average Bonchev–Trinajstić information content (AvgIpc) is 2.29. The highest BCUT2D eigenvalue weighted by atomic mass is 16.2. The number of nitrogen functional groups attached to an aromatic ring is 1. The number of aromatic nitrogens is 2. The molecule has 0 aromatic carbocycles. The van der Waals surface area contributed by atoms with Gasteiger partial charge in [0.1, 0.15) is 0 Å². The number of carbonyl (C=O) groups excluding carboxylic acids is 1. The molecule has 2 heterocycles. The Kier molecular flexibility index (Phi) is 3.03. The highest BCUT2D eigenvalue weighted by molar-refractivity contribution is 5.96. The summed E-state index contributed by atoms with van der Waals surface area (Å²) in [6, 6.07) is 0.266. The van der Waals surface area contributed by atoms with Crippen LogP contribution >= 0.6 is 0 Å². The lowest BCUT2D eigenvalue weighted by Crippen LogP contribution is -2.42. The van der Waals surface area contributed by atoms with Gasteiger partial charge in [-0.2, -0.15) is 0 Å². The molecular formula is C11H16N4O. The molecule has 1 aromatic heterocycles. The van der Waals surface area contributed by atoms with Crippen molar-refractivity contribution in [1.82, 2.24) is 14.9 Å². The number of anilines is 1. The molecule has 1 saturated heterocycles. The minimum atomic E-state index is -0.0993. The maximum absolute atomic E-state index is 12.2. The van der Waals surface area contributed by atoms with E-state index in [2.05, 4.69) is 16.9 Å². The standard InChI is InChI=1S/C11H16N4O/c1-8-4-2-3-7-15(8)11(16)9-10(12)14-6-5-13-9/h5-6,8H,2-4,7H2,1H3,(H2,12,14). The van der Waals surface area contributed by atoms with Crippen molar-refractivity contribution in [3.63, 3.8) is 0 Å². The summed E-state index contributed by atoms with van der Waals surface area (Å²) in [5.74, 6) is 0.114. The largest absolute Gasteiger partial charge is 0.382 e. The van der Waals surface area contributed by atoms with Crippen molar-refractivity contribution >= 4 is 11.7 Å². The molecule has 2 N–H and O–H groups in total. The monoisotopic (exact) mass is 220 g/mol. The molecule has 1 amide bonds. The zero-order valence-corrected chi connectivity index (χ0v) is 9.39. The van der Waals surface area contributed by atoms with Crippen molar-refractivity contribution in [2.24, 2.45) is 0 Å². The van der Waals surface area contributed by atoms with E-state index < -0.39 is 0 Å². The molecule has 0 bridgehead atoms. The van der Waals surface area contributed by atoms with E-state index in [-0.39, 0.29) is 23.5 Å². The molecule has 16 heavy (non-hydrogen) atoms. The number of hydrogen-bond acceptors (Lipinski definition) is 4. The minimum absolute atomic E-state index is 0.0993. The van der Waals surface area contributed by atoms with Gasteiger partial charge in [-0.1, -0.05) is 0 Å². The van der Waals surface area contributed by atoms with Gasteiger partial charge in [-0.05, 0) is 26.2 Å². The molecule has 86 valence electrons. The normalized spacial score (nSPS) is 20.8. The number of rotatable bonds is 1. The van der Waals surface area contributed by atoms with Gasteiger partial charge in [-0.25, -0.2) is 9.97 Å². The highest BCUT2D eigenvalue weighted by Crippen LogP contribution is 2.19. The second-order valence-electron chi connectivity index (χ2n) is 4.13. The van der Waals surface area contributed by atoms with Crippen molar-refractivity contribution in [1.29, 1.82) is 0 Å². The summed E-state index contributed by atoms with van der Waals surface area (Å²) in [5, 5.41) is 0. The van der Waals surface area contributed by atoms with Crippen LogP contribution < -0.4 is 5.73 Å². The Morgan fingerprint density at radius 2 is 2.19 bits per heavy atom. The maximum atomic E-state index is 12.2. The third kappa shape index (κ3) is 1.98. The van der Waals surface area contributed by atoms with E-state index in [1.54, 1.807) is 0 Å². The SMILES string of the molecule is CC1CCCCN1C(=O)c1nccnc1N. The van der Waals surface area contributed by atoms with Crippen molar-refractivity contribution < 1.29 is 4.79 Å². The first-order valence-corrected chi connectivity index (χ1v) is 5.57. The lowest BCUT2D eigenvalue weighted by molar-refractivity contribution is 0.0630. The third-order valence-electron chi connectivity index (χ3n) is 2.99. The maximum Gasteiger partial charge on any atom is 0.276 e. The van der Waals surface area contributed by atoms with Crippen molar-refractivity contribution in [2.45, 2.75) is 32.2 Å². The van der Waals surface area contributed by atoms with Crippen LogP contribution in [0.25, 0.3) is 0 Å². The molecule has 0 spiro atoms. The number of hydrogen-bond donors (Lipinski definition) is 1. The van der Waals surface area contributed by atoms with E-state index >= 15 is 0 Å². The van der Waals surface area contributed by atoms with E-state index in [4.69, 9.17) is 5.73 Å². The Labute approximate surface area is 94.7 Å². The van der Waals surface area contributed by atoms with Gasteiger partial charge in [0.15, 0.2) is 11.5 Å². The lowest BCUT2D eigenvalue weighted by atomic mass is 10.0. The Hall–Kier alpha value is -1.65. The Bertz CT molecular complexity index is 393. The Morgan fingerprint density at radius 1 is 1.44 bits per heavy atom. The summed E-state index contributed by atoms with van der Waals surface area (Å²) in [5.41, 5.74) is 5.93. The number of amides is 1. The minimum Gasteiger partial charge on any atom is -0.382 e. The molecule has 0 saturated carbocycles. The van der Waals surface area contributed by atoms with Crippen LogP contribution in [0.4, 0.5) is 5.82 Å². The number of nitrogens with two attached hydrogens (primary N) is 1. The smallest absolute Gasteiger partial charge is 0.276 e. The number of likely N-dealkylation sites (tertiary alicyclic amines) is 1. The van der Waals surface area contributed by atoms with Gasteiger partial charge in [-0.15, -0.1) is 0 Å². The highest BCUT2D eigenvalue weighted by Gasteiger charge is 2.26. The first kappa shape index (κ1) is 10.9. The molecule has 2 rings (SSSR count). The second-order valence-corrected chi connectivity index (χ2v) is 4.13. The topological polar surface area (TPSA) is 72.1 Å². The predicted octanol–water partition coefficient (Wildman–Crippen LogP) is 1.07. The van der Waals surface area contributed by atoms with Crippen LogP contribution in [0.2, 0.25) is 0 Å². The van der Waals surface area contributed by atoms with Crippen LogP contribution in [-0.4, -0.2) is 33.4 Å². The molecule has 1 atom stereocenters. The quantitative estimate of drug-likeness (QED) is 0.768. The molecule has 5 heteroatoms. The van der Waals surface area contributed by atoms with Gasteiger partial charge in [0.25, 0.3) is 5.91 Å². The van der Waals surface area contributed by atoms with Gasteiger partial charge in [0, 0.05) is 25.0 Å². The number of carbonyl (C=O) groups is 1. The van der Waals surface area contributed by atoms with Crippen LogP contribution in [0.15, 0.2) is 12.4 Å². The molecule has 1 unspecified atom stereocenters. The van der Waals surface area contributed by atoms with Crippen LogP contribution in [0.3, 0.4) is 0 Å². The molecule has 1 aliphatic rings. The summed E-state index contributed by atoms with van der Waals surface area (Å²) in [7, 11) is 0. The average molecular weight is 220 g/mol. The first-order valence-electron chi connectivity index (χ1n) is 5.57. The molecule has 0 radical (unpaired) electrons. The van der Waals surface area contributed by atoms with Crippen molar-refractivity contribution in [3.8, 4) is 0 Å². The second kappa shape index (κ2) is 4.47. The summed E-state index contributed by atoms with van der Waals surface area (Å²) in [4.78, 5) is 21.9. The fourth-order valence-corrected chi connectivity index (χ4v) is 2.05. The summed E-state index contributed by atoms with van der Waals surface area (Å²) >= 11 is 0. The Balaban J connectivity index is 2.21. The van der Waals surface area contributed by atoms with Gasteiger partial charge < -0.3 is 10.6 Å². The zero-order chi connectivity index (χ0) is 11.5. The van der Waals surface area contributed by atoms with Gasteiger partial charge in [-0.3, -0.25) is 4.79 Å². The van der Waals surface area contributed by atoms with Crippen molar-refractivity contribution in [2.75, 3.05) is 12.3 Å². The van der Waals surface area contributed by atoms with E-state index in [1.807, 2.05) is 4.90 Å². The van der Waals surface area contributed by atoms with E-state index in [0.29, 0.717) is 0 Å². The fraction of sp³-hybridized carbons (Fsp3) is 0.545. The van der Waals surface area contributed by atoms with E-state index in [9.17, 15) is 4.79 Å². The van der Waals surface area contributed by atoms with Crippen LogP contribution in [0, 0.1) is 0 Å². The number of nitrogens with zero attached hydrogens (tertiary/aromatic N) is 3. The Morgan fingerprint density at radius 3 is 2.88 bits per heavy atom. The summed E-state index contributed by atoms with van der Waals surface area (Å²) < 4.78 is 0. The van der Waals surface area contributed by atoms with Gasteiger partial charge in [0.05, 0.1) is 0 Å². The predicted molar refractivity (Wildman–Crippen MR) is 60.8 cm³/mol. The third-order valence-corrected chi connectivity index (χ3v) is 2.99. The van der Waals surface area contributed by atoms with Crippen LogP contribution in [0.5, 0.6) is 0 Å². The molecule has 5 nitrogen and oxygen atoms in total. The van der Waals surface area contributed by atoms with Crippen LogP contribution in [0.1, 0.15) is 36.7 Å². The lowest BCUT2D eigenvalue weighted by Gasteiger charge is -2.33. The fourth-order valence-electron chi connectivity index (χ4n) is 2.05. The van der Waals surface area contributed by atoms with E-state index in [1.165, 1.54) is 18.8 Å². The molecule has 1 aromatic rings. The summed E-state index contributed by atoms with van der Waals surface area (Å²) in [6.45, 7) is 2.85. The van der Waals surface area contributed by atoms with Gasteiger partial charge in [0.2, 0.25) is 0 Å². The zero-order valence-electron chi connectivity index (χ0n) is 9.39.